The van der Waals surface area contributed by atoms with Crippen molar-refractivity contribution in [3.63, 3.8) is 0 Å². The third-order valence-electron chi connectivity index (χ3n) is 10.0. The highest BCUT2D eigenvalue weighted by Crippen LogP contribution is 2.47. The molecule has 0 aromatic carbocycles. The highest BCUT2D eigenvalue weighted by molar-refractivity contribution is 6.74. The zero-order valence-corrected chi connectivity index (χ0v) is 30.6. The summed E-state index contributed by atoms with van der Waals surface area (Å²) >= 11 is 0. The van der Waals surface area contributed by atoms with E-state index in [0.29, 0.717) is 77.6 Å². The number of aliphatic hydroxyl groups excluding tert-OH is 1. The second-order valence-electron chi connectivity index (χ2n) is 14.6. The Labute approximate surface area is 289 Å². The first kappa shape index (κ1) is 35.0. The Kier molecular flexibility index (Phi) is 10.1. The maximum atomic E-state index is 11.2. The lowest BCUT2D eigenvalue weighted by Crippen LogP contribution is -2.42. The monoisotopic (exact) mass is 685 g/mol. The Morgan fingerprint density at radius 1 is 1.08 bits per heavy atom. The Hall–Kier alpha value is -3.86. The van der Waals surface area contributed by atoms with Crippen LogP contribution in [0.5, 0.6) is 11.5 Å². The highest BCUT2D eigenvalue weighted by Gasteiger charge is 2.37. The summed E-state index contributed by atoms with van der Waals surface area (Å²) in [6.07, 6.45) is 6.29. The Balaban J connectivity index is 1.28. The molecule has 0 spiro atoms. The molecule has 12 heteroatoms. The molecule has 4 aromatic heterocycles. The number of furan rings is 1. The number of likely N-dealkylation sites (N-methyl/N-ethyl adjacent to an activating group) is 1. The summed E-state index contributed by atoms with van der Waals surface area (Å²) in [6, 6.07) is 9.57. The normalized spacial score (nSPS) is 16.6. The molecule has 1 N–H and O–H groups in total. The van der Waals surface area contributed by atoms with Crippen molar-refractivity contribution in [2.45, 2.75) is 82.8 Å². The van der Waals surface area contributed by atoms with Crippen LogP contribution in [0.4, 0.5) is 0 Å². The van der Waals surface area contributed by atoms with E-state index in [-0.39, 0.29) is 16.8 Å². The summed E-state index contributed by atoms with van der Waals surface area (Å²) in [5.41, 5.74) is 5.03. The standard InChI is InChI=1S/C37H47N5O6Si/c1-37(2,3)49(6,7)46-17-14-42(4)36(43)24-18-31(44-5)34(40-21-24)32-19-28-35(48-32)33(26(22-39-28)23-8-9-23)27-10-11-30(29(20-38)41-27)47-25-12-15-45-16-13-25/h10-11,18-19,21-23,25,36,43H,8-9,12-17H2,1-7H3. The van der Waals surface area contributed by atoms with Gasteiger partial charge in [0.15, 0.2) is 31.1 Å². The first-order valence-corrected chi connectivity index (χ1v) is 20.0. The van der Waals surface area contributed by atoms with Crippen molar-refractivity contribution in [1.82, 2.24) is 19.9 Å². The lowest BCUT2D eigenvalue weighted by atomic mass is 10.0. The lowest BCUT2D eigenvalue weighted by Gasteiger charge is -2.37. The molecule has 0 amide bonds. The van der Waals surface area contributed by atoms with E-state index < -0.39 is 14.5 Å². The molecule has 1 atom stereocenters. The molecule has 1 saturated heterocycles. The van der Waals surface area contributed by atoms with Gasteiger partial charge in [0.05, 0.1) is 31.6 Å². The smallest absolute Gasteiger partial charge is 0.192 e. The second-order valence-corrected chi connectivity index (χ2v) is 19.4. The summed E-state index contributed by atoms with van der Waals surface area (Å²) in [4.78, 5) is 16.1. The van der Waals surface area contributed by atoms with E-state index in [2.05, 4.69) is 39.9 Å². The van der Waals surface area contributed by atoms with Crippen LogP contribution in [0.2, 0.25) is 18.1 Å². The van der Waals surface area contributed by atoms with E-state index in [0.717, 1.165) is 36.8 Å². The van der Waals surface area contributed by atoms with Crippen molar-refractivity contribution in [3.8, 4) is 40.3 Å². The second kappa shape index (κ2) is 14.2. The van der Waals surface area contributed by atoms with Crippen molar-refractivity contribution in [2.75, 3.05) is 40.5 Å². The minimum atomic E-state index is -1.89. The molecule has 260 valence electrons. The molecule has 1 unspecified atom stereocenters. The van der Waals surface area contributed by atoms with E-state index in [4.69, 9.17) is 38.0 Å². The Morgan fingerprint density at radius 3 is 2.51 bits per heavy atom. The molecular weight excluding hydrogens is 639 g/mol. The molecule has 11 nitrogen and oxygen atoms in total. The zero-order chi connectivity index (χ0) is 34.9. The highest BCUT2D eigenvalue weighted by atomic mass is 28.4. The number of rotatable bonds is 12. The number of aliphatic hydroxyl groups is 1. The van der Waals surface area contributed by atoms with Gasteiger partial charge in [-0.05, 0) is 67.7 Å². The molecule has 4 aromatic rings. The number of methoxy groups -OCH3 is 1. The minimum absolute atomic E-state index is 0.00692. The van der Waals surface area contributed by atoms with Crippen LogP contribution >= 0.6 is 0 Å². The van der Waals surface area contributed by atoms with Gasteiger partial charge in [0.1, 0.15) is 35.4 Å². The van der Waals surface area contributed by atoms with Gasteiger partial charge in [-0.2, -0.15) is 5.26 Å². The molecule has 0 radical (unpaired) electrons. The maximum Gasteiger partial charge on any atom is 0.192 e. The number of nitrogens with zero attached hydrogens (tertiary/aromatic N) is 5. The predicted octanol–water partition coefficient (Wildman–Crippen LogP) is 7.21. The SMILES string of the molecule is COc1cc(C(O)N(C)CCO[Si](C)(C)C(C)(C)C)cnc1-c1cc2ncc(C3CC3)c(-c3ccc(OC4CCOCC4)c(C#N)n3)c2o1. The third kappa shape index (κ3) is 7.51. The van der Waals surface area contributed by atoms with Gasteiger partial charge in [-0.1, -0.05) is 20.8 Å². The van der Waals surface area contributed by atoms with Crippen LogP contribution in [-0.4, -0.2) is 79.9 Å². The van der Waals surface area contributed by atoms with E-state index in [9.17, 15) is 10.4 Å². The molecule has 0 bridgehead atoms. The van der Waals surface area contributed by atoms with Crippen molar-refractivity contribution in [3.05, 3.63) is 53.5 Å². The molecule has 1 aliphatic carbocycles. The van der Waals surface area contributed by atoms with Crippen LogP contribution in [0, 0.1) is 11.3 Å². The Morgan fingerprint density at radius 2 is 1.84 bits per heavy atom. The van der Waals surface area contributed by atoms with Gasteiger partial charge in [-0.15, -0.1) is 0 Å². The molecule has 49 heavy (non-hydrogen) atoms. The molecule has 6 rings (SSSR count). The van der Waals surface area contributed by atoms with E-state index in [1.807, 2.05) is 36.3 Å². The number of ether oxygens (including phenoxy) is 3. The van der Waals surface area contributed by atoms with Crippen LogP contribution in [0.15, 0.2) is 41.1 Å². The van der Waals surface area contributed by atoms with Crippen LogP contribution in [0.25, 0.3) is 33.8 Å². The fourth-order valence-corrected chi connectivity index (χ4v) is 6.82. The summed E-state index contributed by atoms with van der Waals surface area (Å²) in [6.45, 7) is 13.5. The number of hydrogen-bond acceptors (Lipinski definition) is 11. The Bertz CT molecular complexity index is 1840. The van der Waals surface area contributed by atoms with E-state index in [1.54, 1.807) is 19.4 Å². The molecular formula is C37H47N5O6Si. The van der Waals surface area contributed by atoms with Crippen LogP contribution in [0.3, 0.4) is 0 Å². The fourth-order valence-electron chi connectivity index (χ4n) is 5.79. The molecule has 2 aliphatic rings. The van der Waals surface area contributed by atoms with Crippen LogP contribution in [0.1, 0.15) is 75.4 Å². The van der Waals surface area contributed by atoms with Crippen molar-refractivity contribution < 1.29 is 28.2 Å². The third-order valence-corrected chi connectivity index (χ3v) is 14.6. The maximum absolute atomic E-state index is 11.2. The first-order chi connectivity index (χ1) is 23.4. The fraction of sp³-hybridized carbons (Fsp3) is 0.514. The lowest BCUT2D eigenvalue weighted by molar-refractivity contribution is 0.0118. The van der Waals surface area contributed by atoms with Gasteiger partial charge in [0.2, 0.25) is 0 Å². The average molecular weight is 686 g/mol. The van der Waals surface area contributed by atoms with Gasteiger partial charge in [0.25, 0.3) is 0 Å². The number of pyridine rings is 3. The largest absolute Gasteiger partial charge is 0.494 e. The summed E-state index contributed by atoms with van der Waals surface area (Å²) < 4.78 is 30.2. The first-order valence-electron chi connectivity index (χ1n) is 17.0. The van der Waals surface area contributed by atoms with E-state index in [1.165, 1.54) is 0 Å². The number of hydrogen-bond donors (Lipinski definition) is 1. The average Bonchev–Trinajstić information content (AvgIpc) is 3.85. The zero-order valence-electron chi connectivity index (χ0n) is 29.6. The van der Waals surface area contributed by atoms with Crippen LogP contribution < -0.4 is 9.47 Å². The number of fused-ring (bicyclic) bond motifs is 1. The topological polar surface area (TPSA) is 136 Å². The summed E-state index contributed by atoms with van der Waals surface area (Å²) in [5, 5.41) is 21.3. The molecule has 2 fully saturated rings. The van der Waals surface area contributed by atoms with Gasteiger partial charge in [-0.3, -0.25) is 9.88 Å². The summed E-state index contributed by atoms with van der Waals surface area (Å²) in [7, 11) is 1.54. The summed E-state index contributed by atoms with van der Waals surface area (Å²) in [5.74, 6) is 1.76. The van der Waals surface area contributed by atoms with Crippen LogP contribution in [-0.2, 0) is 9.16 Å². The minimum Gasteiger partial charge on any atom is -0.494 e. The van der Waals surface area contributed by atoms with Gasteiger partial charge >= 0.3 is 0 Å². The quantitative estimate of drug-likeness (QED) is 0.120. The van der Waals surface area contributed by atoms with Crippen molar-refractivity contribution in [2.24, 2.45) is 0 Å². The van der Waals surface area contributed by atoms with Gasteiger partial charge in [-0.25, -0.2) is 9.97 Å². The van der Waals surface area contributed by atoms with E-state index >= 15 is 0 Å². The number of nitriles is 1. The molecule has 1 saturated carbocycles. The molecule has 1 aliphatic heterocycles. The van der Waals surface area contributed by atoms with Gasteiger partial charge in [0, 0.05) is 50.0 Å². The van der Waals surface area contributed by atoms with Crippen molar-refractivity contribution >= 4 is 19.4 Å². The number of aromatic nitrogens is 3. The molecule has 5 heterocycles. The van der Waals surface area contributed by atoms with Gasteiger partial charge < -0.3 is 28.2 Å². The van der Waals surface area contributed by atoms with Crippen molar-refractivity contribution in [1.29, 1.82) is 5.26 Å². The predicted molar refractivity (Wildman–Crippen MR) is 189 cm³/mol.